The molecule has 12 heteroatoms. The van der Waals surface area contributed by atoms with Crippen LogP contribution in [-0.4, -0.2) is 44.3 Å². The lowest BCUT2D eigenvalue weighted by atomic mass is 10.2. The number of anilines is 1. The highest BCUT2D eigenvalue weighted by Crippen LogP contribution is 2.19. The summed E-state index contributed by atoms with van der Waals surface area (Å²) in [5.41, 5.74) is -0.521. The second-order valence-corrected chi connectivity index (χ2v) is 5.36. The van der Waals surface area contributed by atoms with Crippen LogP contribution in [-0.2, 0) is 16.6 Å². The van der Waals surface area contributed by atoms with Crippen molar-refractivity contribution in [3.05, 3.63) is 29.6 Å². The van der Waals surface area contributed by atoms with E-state index in [0.29, 0.717) is 11.2 Å². The topological polar surface area (TPSA) is 102 Å². The standard InChI is InChI=1S/C12H11F3N6O2S/c1-21-12(18-19-20-21)24-5-9(23)16-4-8(22)17-7-3-2-6(13)10(14)11(7)15/h2-3H,4-5H2,1H3,(H,16,23)(H,17,22). The molecule has 0 saturated heterocycles. The molecule has 0 atom stereocenters. The minimum Gasteiger partial charge on any atom is -0.346 e. The van der Waals surface area contributed by atoms with Gasteiger partial charge in [0.15, 0.2) is 17.5 Å². The van der Waals surface area contributed by atoms with Crippen LogP contribution in [0.3, 0.4) is 0 Å². The molecule has 0 saturated carbocycles. The van der Waals surface area contributed by atoms with Gasteiger partial charge in [-0.3, -0.25) is 9.59 Å². The van der Waals surface area contributed by atoms with E-state index in [-0.39, 0.29) is 5.75 Å². The molecule has 0 aliphatic rings. The van der Waals surface area contributed by atoms with Gasteiger partial charge in [0.1, 0.15) is 0 Å². The first-order valence-electron chi connectivity index (χ1n) is 6.43. The summed E-state index contributed by atoms with van der Waals surface area (Å²) in [4.78, 5) is 23.2. The van der Waals surface area contributed by atoms with E-state index in [4.69, 9.17) is 0 Å². The van der Waals surface area contributed by atoms with Crippen LogP contribution < -0.4 is 10.6 Å². The van der Waals surface area contributed by atoms with Gasteiger partial charge in [-0.2, -0.15) is 0 Å². The first-order chi connectivity index (χ1) is 11.4. The lowest BCUT2D eigenvalue weighted by Gasteiger charge is -2.08. The second-order valence-electron chi connectivity index (χ2n) is 4.42. The normalized spacial score (nSPS) is 10.5. The van der Waals surface area contributed by atoms with Gasteiger partial charge in [-0.25, -0.2) is 17.9 Å². The fraction of sp³-hybridized carbons (Fsp3) is 0.250. The van der Waals surface area contributed by atoms with Gasteiger partial charge in [0.2, 0.25) is 17.0 Å². The molecule has 8 nitrogen and oxygen atoms in total. The fourth-order valence-corrected chi connectivity index (χ4v) is 2.20. The van der Waals surface area contributed by atoms with Crippen molar-refractivity contribution in [1.29, 1.82) is 0 Å². The van der Waals surface area contributed by atoms with E-state index in [2.05, 4.69) is 20.8 Å². The first kappa shape index (κ1) is 17.7. The van der Waals surface area contributed by atoms with Gasteiger partial charge in [0.25, 0.3) is 0 Å². The summed E-state index contributed by atoms with van der Waals surface area (Å²) in [6.45, 7) is -0.463. The molecular weight excluding hydrogens is 349 g/mol. The van der Waals surface area contributed by atoms with Crippen LogP contribution in [0, 0.1) is 17.5 Å². The smallest absolute Gasteiger partial charge is 0.243 e. The Balaban J connectivity index is 1.80. The Morgan fingerprint density at radius 2 is 1.96 bits per heavy atom. The quantitative estimate of drug-likeness (QED) is 0.574. The van der Waals surface area contributed by atoms with Gasteiger partial charge < -0.3 is 10.6 Å². The zero-order chi connectivity index (χ0) is 17.7. The molecule has 0 bridgehead atoms. The van der Waals surface area contributed by atoms with Crippen LogP contribution in [0.2, 0.25) is 0 Å². The Labute approximate surface area is 137 Å². The van der Waals surface area contributed by atoms with Crippen LogP contribution in [0.5, 0.6) is 0 Å². The Bertz CT molecular complexity index is 769. The van der Waals surface area contributed by atoms with Gasteiger partial charge in [0, 0.05) is 7.05 Å². The number of aromatic nitrogens is 4. The second kappa shape index (κ2) is 7.77. The van der Waals surface area contributed by atoms with Crippen LogP contribution in [0.25, 0.3) is 0 Å². The summed E-state index contributed by atoms with van der Waals surface area (Å²) in [6, 6.07) is 1.56. The summed E-state index contributed by atoms with van der Waals surface area (Å²) in [6.07, 6.45) is 0. The minimum absolute atomic E-state index is 0.0406. The highest BCUT2D eigenvalue weighted by molar-refractivity contribution is 7.99. The predicted octanol–water partition coefficient (Wildman–Crippen LogP) is 0.474. The third kappa shape index (κ3) is 4.44. The van der Waals surface area contributed by atoms with Crippen molar-refractivity contribution in [3.63, 3.8) is 0 Å². The third-order valence-electron chi connectivity index (χ3n) is 2.67. The summed E-state index contributed by atoms with van der Waals surface area (Å²) in [7, 11) is 1.60. The number of hydrogen-bond donors (Lipinski definition) is 2. The Morgan fingerprint density at radius 1 is 1.21 bits per heavy atom. The van der Waals surface area contributed by atoms with Gasteiger partial charge >= 0.3 is 0 Å². The Hall–Kier alpha value is -2.63. The summed E-state index contributed by atoms with van der Waals surface area (Å²) in [5.74, 6) is -5.89. The number of hydrogen-bond acceptors (Lipinski definition) is 6. The van der Waals surface area contributed by atoms with E-state index in [1.807, 2.05) is 5.32 Å². The zero-order valence-electron chi connectivity index (χ0n) is 12.2. The molecule has 1 heterocycles. The number of carbonyl (C=O) groups is 2. The van der Waals surface area contributed by atoms with Crippen molar-refractivity contribution in [1.82, 2.24) is 25.5 Å². The number of aryl methyl sites for hydroxylation is 1. The van der Waals surface area contributed by atoms with E-state index in [0.717, 1.165) is 17.8 Å². The van der Waals surface area contributed by atoms with E-state index in [9.17, 15) is 22.8 Å². The highest BCUT2D eigenvalue weighted by atomic mass is 32.2. The number of rotatable bonds is 6. The van der Waals surface area contributed by atoms with Gasteiger partial charge in [-0.1, -0.05) is 11.8 Å². The van der Waals surface area contributed by atoms with E-state index >= 15 is 0 Å². The first-order valence-corrected chi connectivity index (χ1v) is 7.42. The minimum atomic E-state index is -1.69. The van der Waals surface area contributed by atoms with Gasteiger partial charge in [-0.05, 0) is 22.6 Å². The van der Waals surface area contributed by atoms with E-state index in [1.54, 1.807) is 7.05 Å². The van der Waals surface area contributed by atoms with E-state index < -0.39 is 41.5 Å². The lowest BCUT2D eigenvalue weighted by molar-refractivity contribution is -0.122. The number of nitrogens with zero attached hydrogens (tertiary/aromatic N) is 4. The molecule has 1 aromatic heterocycles. The fourth-order valence-electron chi connectivity index (χ4n) is 1.52. The van der Waals surface area contributed by atoms with Crippen molar-refractivity contribution in [2.45, 2.75) is 5.16 Å². The maximum absolute atomic E-state index is 13.4. The average Bonchev–Trinajstić information content (AvgIpc) is 2.96. The van der Waals surface area contributed by atoms with Crippen molar-refractivity contribution in [3.8, 4) is 0 Å². The van der Waals surface area contributed by atoms with Crippen molar-refractivity contribution < 1.29 is 22.8 Å². The molecular formula is C12H11F3N6O2S. The van der Waals surface area contributed by atoms with Crippen LogP contribution in [0.15, 0.2) is 17.3 Å². The number of tetrazole rings is 1. The van der Waals surface area contributed by atoms with Gasteiger partial charge in [-0.15, -0.1) is 5.10 Å². The molecule has 2 aromatic rings. The molecule has 2 N–H and O–H groups in total. The monoisotopic (exact) mass is 360 g/mol. The number of amides is 2. The lowest BCUT2D eigenvalue weighted by Crippen LogP contribution is -2.34. The van der Waals surface area contributed by atoms with Crippen LogP contribution in [0.1, 0.15) is 0 Å². The SMILES string of the molecule is Cn1nnnc1SCC(=O)NCC(=O)Nc1ccc(F)c(F)c1F. The number of carbonyl (C=O) groups excluding carboxylic acids is 2. The number of halogens is 3. The largest absolute Gasteiger partial charge is 0.346 e. The van der Waals surface area contributed by atoms with Crippen molar-refractivity contribution >= 4 is 29.3 Å². The van der Waals surface area contributed by atoms with Gasteiger partial charge in [0.05, 0.1) is 18.0 Å². The molecule has 2 rings (SSSR count). The number of thioether (sulfide) groups is 1. The number of benzene rings is 1. The summed E-state index contributed by atoms with van der Waals surface area (Å²) < 4.78 is 40.6. The maximum atomic E-state index is 13.4. The van der Waals surface area contributed by atoms with Crippen LogP contribution in [0.4, 0.5) is 18.9 Å². The van der Waals surface area contributed by atoms with E-state index in [1.165, 1.54) is 4.68 Å². The molecule has 0 aliphatic heterocycles. The molecule has 0 unspecified atom stereocenters. The molecule has 24 heavy (non-hydrogen) atoms. The molecule has 0 spiro atoms. The molecule has 0 radical (unpaired) electrons. The Kier molecular flexibility index (Phi) is 5.73. The van der Waals surface area contributed by atoms with Crippen molar-refractivity contribution in [2.24, 2.45) is 7.05 Å². The summed E-state index contributed by atoms with van der Waals surface area (Å²) >= 11 is 1.06. The third-order valence-corrected chi connectivity index (χ3v) is 3.68. The number of nitrogens with one attached hydrogen (secondary N) is 2. The molecule has 1 aromatic carbocycles. The Morgan fingerprint density at radius 3 is 2.62 bits per heavy atom. The average molecular weight is 360 g/mol. The molecule has 0 fully saturated rings. The van der Waals surface area contributed by atoms with Crippen molar-refractivity contribution in [2.75, 3.05) is 17.6 Å². The van der Waals surface area contributed by atoms with Crippen LogP contribution >= 0.6 is 11.8 Å². The maximum Gasteiger partial charge on any atom is 0.243 e. The zero-order valence-corrected chi connectivity index (χ0v) is 13.0. The molecule has 128 valence electrons. The molecule has 2 amide bonds. The predicted molar refractivity (Wildman–Crippen MR) is 77.5 cm³/mol. The highest BCUT2D eigenvalue weighted by Gasteiger charge is 2.15. The summed E-state index contributed by atoms with van der Waals surface area (Å²) in [5, 5.41) is 15.4. The molecule has 0 aliphatic carbocycles.